The molecule has 4 nitrogen and oxygen atoms in total. The zero-order valence-electron chi connectivity index (χ0n) is 11.7. The summed E-state index contributed by atoms with van der Waals surface area (Å²) in [5, 5.41) is 2.65. The molecule has 2 amide bonds. The summed E-state index contributed by atoms with van der Waals surface area (Å²) in [5.74, 6) is -0.536. The molecule has 6 heteroatoms. The maximum absolute atomic E-state index is 12.6. The van der Waals surface area contributed by atoms with Crippen molar-refractivity contribution in [2.45, 2.75) is 58.5 Å². The van der Waals surface area contributed by atoms with Crippen LogP contribution in [0.3, 0.4) is 0 Å². The molecule has 2 unspecified atom stereocenters. The summed E-state index contributed by atoms with van der Waals surface area (Å²) in [4.78, 5) is 25.2. The lowest BCUT2D eigenvalue weighted by Gasteiger charge is -2.39. The fourth-order valence-electron chi connectivity index (χ4n) is 2.36. The third-order valence-electron chi connectivity index (χ3n) is 3.18. The molecule has 1 fully saturated rings. The van der Waals surface area contributed by atoms with Crippen LogP contribution in [0.2, 0.25) is 0 Å². The smallest absolute Gasteiger partial charge is 0.255 e. The van der Waals surface area contributed by atoms with Gasteiger partial charge in [-0.3, -0.25) is 9.59 Å². The third kappa shape index (κ3) is 4.14. The van der Waals surface area contributed by atoms with Crippen molar-refractivity contribution < 1.29 is 18.4 Å². The Labute approximate surface area is 112 Å². The zero-order valence-corrected chi connectivity index (χ0v) is 11.7. The zero-order chi connectivity index (χ0) is 14.6. The van der Waals surface area contributed by atoms with Gasteiger partial charge in [0.1, 0.15) is 12.1 Å². The van der Waals surface area contributed by atoms with Crippen LogP contribution in [0.4, 0.5) is 8.78 Å². The van der Waals surface area contributed by atoms with Gasteiger partial charge in [-0.25, -0.2) is 8.78 Å². The van der Waals surface area contributed by atoms with E-state index in [1.807, 2.05) is 20.8 Å². The lowest BCUT2D eigenvalue weighted by Crippen LogP contribution is -2.64. The van der Waals surface area contributed by atoms with E-state index in [0.29, 0.717) is 19.3 Å². The Hall–Kier alpha value is -1.20. The van der Waals surface area contributed by atoms with Crippen molar-refractivity contribution in [2.24, 2.45) is 5.92 Å². The molecule has 0 bridgehead atoms. The second-order valence-electron chi connectivity index (χ2n) is 5.38. The number of nitrogens with one attached hydrogen (secondary N) is 1. The lowest BCUT2D eigenvalue weighted by atomic mass is 9.96. The summed E-state index contributed by atoms with van der Waals surface area (Å²) < 4.78 is 25.2. The van der Waals surface area contributed by atoms with Crippen LogP contribution in [0.25, 0.3) is 0 Å². The minimum absolute atomic E-state index is 0.159. The van der Waals surface area contributed by atoms with Crippen LogP contribution in [0.15, 0.2) is 0 Å². The van der Waals surface area contributed by atoms with E-state index in [9.17, 15) is 18.4 Å². The van der Waals surface area contributed by atoms with Crippen LogP contribution in [0.5, 0.6) is 0 Å². The summed E-state index contributed by atoms with van der Waals surface area (Å²) in [5.41, 5.74) is 0. The minimum Gasteiger partial charge on any atom is -0.343 e. The van der Waals surface area contributed by atoms with Crippen molar-refractivity contribution in [3.63, 3.8) is 0 Å². The summed E-state index contributed by atoms with van der Waals surface area (Å²) in [6, 6.07) is -1.42. The van der Waals surface area contributed by atoms with E-state index in [0.717, 1.165) is 4.90 Å². The van der Waals surface area contributed by atoms with E-state index in [1.54, 1.807) is 0 Å². The third-order valence-corrected chi connectivity index (χ3v) is 3.18. The monoisotopic (exact) mass is 276 g/mol. The van der Waals surface area contributed by atoms with Gasteiger partial charge in [0.2, 0.25) is 11.8 Å². The first-order valence-electron chi connectivity index (χ1n) is 6.75. The Bertz CT molecular complexity index is 335. The Morgan fingerprint density at radius 3 is 2.42 bits per heavy atom. The molecule has 1 saturated heterocycles. The van der Waals surface area contributed by atoms with Crippen LogP contribution < -0.4 is 5.32 Å². The second-order valence-corrected chi connectivity index (χ2v) is 5.38. The van der Waals surface area contributed by atoms with Gasteiger partial charge in [0.15, 0.2) is 0 Å². The second kappa shape index (κ2) is 6.82. The molecule has 19 heavy (non-hydrogen) atoms. The van der Waals surface area contributed by atoms with Crippen molar-refractivity contribution in [1.82, 2.24) is 10.2 Å². The molecule has 1 rings (SSSR count). The summed E-state index contributed by atoms with van der Waals surface area (Å²) in [6.07, 6.45) is -1.01. The minimum atomic E-state index is -2.62. The molecule has 0 aromatic carbocycles. The molecule has 1 aliphatic rings. The van der Waals surface area contributed by atoms with Gasteiger partial charge >= 0.3 is 0 Å². The molecule has 110 valence electrons. The molecular formula is C13H22F2N2O2. The molecule has 1 heterocycles. The highest BCUT2D eigenvalue weighted by atomic mass is 19.3. The standard InChI is InChI=1S/C13H22F2N2O2/c1-4-5-9-13(19)17(7-11(14)15)10(6-8(2)3)12(18)16-9/h8-11H,4-7H2,1-3H3,(H,16,18). The van der Waals surface area contributed by atoms with Crippen LogP contribution in [-0.4, -0.2) is 41.8 Å². The molecule has 1 N–H and O–H groups in total. The predicted molar refractivity (Wildman–Crippen MR) is 67.8 cm³/mol. The van der Waals surface area contributed by atoms with Crippen molar-refractivity contribution in [1.29, 1.82) is 0 Å². The first-order valence-corrected chi connectivity index (χ1v) is 6.75. The molecule has 2 atom stereocenters. The number of carbonyl (C=O) groups excluding carboxylic acids is 2. The van der Waals surface area contributed by atoms with Crippen molar-refractivity contribution in [3.05, 3.63) is 0 Å². The van der Waals surface area contributed by atoms with Crippen LogP contribution in [0, 0.1) is 5.92 Å². The highest BCUT2D eigenvalue weighted by Crippen LogP contribution is 2.20. The van der Waals surface area contributed by atoms with Crippen LogP contribution >= 0.6 is 0 Å². The lowest BCUT2D eigenvalue weighted by molar-refractivity contribution is -0.152. The molecule has 0 saturated carbocycles. The maximum Gasteiger partial charge on any atom is 0.255 e. The van der Waals surface area contributed by atoms with Gasteiger partial charge in [-0.1, -0.05) is 27.2 Å². The van der Waals surface area contributed by atoms with Gasteiger partial charge in [-0.15, -0.1) is 0 Å². The SMILES string of the molecule is CCCC1NC(=O)C(CC(C)C)N(CC(F)F)C1=O. The van der Waals surface area contributed by atoms with Crippen molar-refractivity contribution >= 4 is 11.8 Å². The number of hydrogen-bond acceptors (Lipinski definition) is 2. The Balaban J connectivity index is 2.89. The quantitative estimate of drug-likeness (QED) is 0.804. The molecular weight excluding hydrogens is 254 g/mol. The fourth-order valence-corrected chi connectivity index (χ4v) is 2.36. The summed E-state index contributed by atoms with van der Waals surface area (Å²) in [6.45, 7) is 5.02. The van der Waals surface area contributed by atoms with E-state index in [4.69, 9.17) is 0 Å². The number of carbonyl (C=O) groups is 2. The number of piperazine rings is 1. The van der Waals surface area contributed by atoms with Gasteiger partial charge in [0, 0.05) is 0 Å². The predicted octanol–water partition coefficient (Wildman–Crippen LogP) is 1.79. The van der Waals surface area contributed by atoms with E-state index >= 15 is 0 Å². The average Bonchev–Trinajstić information content (AvgIpc) is 2.29. The molecule has 0 aromatic heterocycles. The Kier molecular flexibility index (Phi) is 5.69. The normalized spacial score (nSPS) is 24.3. The molecule has 1 aliphatic heterocycles. The summed E-state index contributed by atoms with van der Waals surface area (Å²) in [7, 11) is 0. The van der Waals surface area contributed by atoms with Crippen molar-refractivity contribution in [3.8, 4) is 0 Å². The van der Waals surface area contributed by atoms with Crippen LogP contribution in [0.1, 0.15) is 40.0 Å². The van der Waals surface area contributed by atoms with Gasteiger partial charge in [-0.2, -0.15) is 0 Å². The first-order chi connectivity index (χ1) is 8.86. The topological polar surface area (TPSA) is 49.4 Å². The molecule has 0 aliphatic carbocycles. The highest BCUT2D eigenvalue weighted by Gasteiger charge is 2.41. The maximum atomic E-state index is 12.6. The number of alkyl halides is 2. The van der Waals surface area contributed by atoms with Gasteiger partial charge in [-0.05, 0) is 18.8 Å². The van der Waals surface area contributed by atoms with E-state index in [2.05, 4.69) is 5.32 Å². The van der Waals surface area contributed by atoms with Gasteiger partial charge in [0.25, 0.3) is 6.43 Å². The van der Waals surface area contributed by atoms with E-state index in [-0.39, 0.29) is 17.7 Å². The summed E-state index contributed by atoms with van der Waals surface area (Å²) >= 11 is 0. The fraction of sp³-hybridized carbons (Fsp3) is 0.846. The largest absolute Gasteiger partial charge is 0.343 e. The number of halogens is 2. The first kappa shape index (κ1) is 15.9. The van der Waals surface area contributed by atoms with Gasteiger partial charge in [0.05, 0.1) is 6.54 Å². The van der Waals surface area contributed by atoms with E-state index in [1.165, 1.54) is 0 Å². The Morgan fingerprint density at radius 2 is 1.95 bits per heavy atom. The number of nitrogens with zero attached hydrogens (tertiary/aromatic N) is 1. The molecule has 0 aromatic rings. The number of hydrogen-bond donors (Lipinski definition) is 1. The molecule has 0 spiro atoms. The van der Waals surface area contributed by atoms with Crippen molar-refractivity contribution in [2.75, 3.05) is 6.54 Å². The van der Waals surface area contributed by atoms with Crippen LogP contribution in [-0.2, 0) is 9.59 Å². The average molecular weight is 276 g/mol. The number of amides is 2. The highest BCUT2D eigenvalue weighted by molar-refractivity contribution is 5.96. The van der Waals surface area contributed by atoms with Gasteiger partial charge < -0.3 is 10.2 Å². The molecule has 0 radical (unpaired) electrons. The Morgan fingerprint density at radius 1 is 1.32 bits per heavy atom. The van der Waals surface area contributed by atoms with E-state index < -0.39 is 25.1 Å². The number of rotatable bonds is 6.